The first-order chi connectivity index (χ1) is 12.7. The Labute approximate surface area is 155 Å². The van der Waals surface area contributed by atoms with Gasteiger partial charge in [0.1, 0.15) is 12.1 Å². The molecule has 2 nitrogen and oxygen atoms in total. The fourth-order valence-corrected chi connectivity index (χ4v) is 3.34. The molecular weight excluding hydrogens is 345 g/mol. The molecule has 0 spiro atoms. The molecule has 0 saturated heterocycles. The first-order valence-electron chi connectivity index (χ1n) is 8.19. The second kappa shape index (κ2) is 7.18. The van der Waals surface area contributed by atoms with Gasteiger partial charge in [0.15, 0.2) is 0 Å². The molecular formula is C22H16FNOS. The Hall–Kier alpha value is -2.85. The molecule has 0 fully saturated rings. The average Bonchev–Trinajstić information content (AvgIpc) is 3.23. The summed E-state index contributed by atoms with van der Waals surface area (Å²) in [6.07, 6.45) is 5.24. The molecule has 0 aliphatic heterocycles. The highest BCUT2D eigenvalue weighted by Gasteiger charge is 2.12. The van der Waals surface area contributed by atoms with Gasteiger partial charge in [0.25, 0.3) is 0 Å². The Morgan fingerprint density at radius 3 is 2.12 bits per heavy atom. The average molecular weight is 361 g/mol. The van der Waals surface area contributed by atoms with Gasteiger partial charge in [-0.2, -0.15) is 0 Å². The molecule has 0 amide bonds. The summed E-state index contributed by atoms with van der Waals surface area (Å²) in [5, 5.41) is 0. The lowest BCUT2D eigenvalue weighted by atomic mass is 9.93. The van der Waals surface area contributed by atoms with E-state index in [0.29, 0.717) is 5.89 Å². The van der Waals surface area contributed by atoms with Crippen molar-refractivity contribution in [2.45, 2.75) is 4.90 Å². The van der Waals surface area contributed by atoms with Crippen molar-refractivity contribution in [3.05, 3.63) is 85.0 Å². The zero-order chi connectivity index (χ0) is 17.9. The topological polar surface area (TPSA) is 26.0 Å². The lowest BCUT2D eigenvalue weighted by Crippen LogP contribution is -1.88. The maximum atomic E-state index is 13.4. The molecule has 26 heavy (non-hydrogen) atoms. The van der Waals surface area contributed by atoms with Crippen molar-refractivity contribution in [1.29, 1.82) is 0 Å². The summed E-state index contributed by atoms with van der Waals surface area (Å²) in [6.45, 7) is 0. The predicted octanol–water partition coefficient (Wildman–Crippen LogP) is 6.54. The Balaban J connectivity index is 1.87. The number of thioether (sulfide) groups is 1. The standard InChI is InChI=1S/C22H16FNOS/c1-26-19-9-4-15(5-10-19)20-11-6-17(22-24-12-13-25-22)14-21(20)16-2-7-18(23)8-3-16/h2-14H,1H3. The van der Waals surface area contributed by atoms with Crippen LogP contribution in [0, 0.1) is 5.82 Å². The van der Waals surface area contributed by atoms with E-state index in [1.807, 2.05) is 12.1 Å². The van der Waals surface area contributed by atoms with E-state index in [0.717, 1.165) is 27.8 Å². The van der Waals surface area contributed by atoms with Crippen molar-refractivity contribution in [2.24, 2.45) is 0 Å². The SMILES string of the molecule is CSc1ccc(-c2ccc(-c3ncco3)cc2-c2ccc(F)cc2)cc1. The van der Waals surface area contributed by atoms with Gasteiger partial charge in [-0.05, 0) is 64.9 Å². The third-order valence-electron chi connectivity index (χ3n) is 4.26. The predicted molar refractivity (Wildman–Crippen MR) is 105 cm³/mol. The minimum Gasteiger partial charge on any atom is -0.445 e. The van der Waals surface area contributed by atoms with Crippen molar-refractivity contribution in [2.75, 3.05) is 6.26 Å². The van der Waals surface area contributed by atoms with E-state index in [4.69, 9.17) is 4.42 Å². The second-order valence-electron chi connectivity index (χ2n) is 5.83. The molecule has 3 aromatic carbocycles. The van der Waals surface area contributed by atoms with E-state index in [2.05, 4.69) is 41.6 Å². The number of hydrogen-bond donors (Lipinski definition) is 0. The molecule has 0 radical (unpaired) electrons. The van der Waals surface area contributed by atoms with E-state index in [1.165, 1.54) is 17.0 Å². The zero-order valence-electron chi connectivity index (χ0n) is 14.1. The number of nitrogens with zero attached hydrogens (tertiary/aromatic N) is 1. The van der Waals surface area contributed by atoms with Crippen LogP contribution in [0.25, 0.3) is 33.7 Å². The minimum absolute atomic E-state index is 0.247. The smallest absolute Gasteiger partial charge is 0.225 e. The Bertz CT molecular complexity index is 1010. The third-order valence-corrected chi connectivity index (χ3v) is 5.00. The van der Waals surface area contributed by atoms with Crippen molar-refractivity contribution in [3.63, 3.8) is 0 Å². The normalized spacial score (nSPS) is 10.8. The first-order valence-corrected chi connectivity index (χ1v) is 9.41. The van der Waals surface area contributed by atoms with Crippen LogP contribution in [0.5, 0.6) is 0 Å². The van der Waals surface area contributed by atoms with Gasteiger partial charge in [-0.3, -0.25) is 0 Å². The monoisotopic (exact) mass is 361 g/mol. The largest absolute Gasteiger partial charge is 0.445 e. The van der Waals surface area contributed by atoms with Gasteiger partial charge in [-0.25, -0.2) is 9.37 Å². The molecule has 4 aromatic rings. The van der Waals surface area contributed by atoms with Crippen molar-refractivity contribution in [3.8, 4) is 33.7 Å². The quantitative estimate of drug-likeness (QED) is 0.386. The van der Waals surface area contributed by atoms with Gasteiger partial charge in [-0.1, -0.05) is 30.3 Å². The van der Waals surface area contributed by atoms with E-state index >= 15 is 0 Å². The number of benzene rings is 3. The fraction of sp³-hybridized carbons (Fsp3) is 0.0455. The Morgan fingerprint density at radius 2 is 1.46 bits per heavy atom. The highest BCUT2D eigenvalue weighted by Crippen LogP contribution is 2.36. The van der Waals surface area contributed by atoms with Crippen molar-refractivity contribution < 1.29 is 8.81 Å². The van der Waals surface area contributed by atoms with Gasteiger partial charge in [-0.15, -0.1) is 11.8 Å². The maximum Gasteiger partial charge on any atom is 0.225 e. The zero-order valence-corrected chi connectivity index (χ0v) is 15.0. The highest BCUT2D eigenvalue weighted by atomic mass is 32.2. The number of oxazole rings is 1. The first kappa shape index (κ1) is 16.6. The third kappa shape index (κ3) is 3.28. The summed E-state index contributed by atoms with van der Waals surface area (Å²) in [5.41, 5.74) is 5.04. The highest BCUT2D eigenvalue weighted by molar-refractivity contribution is 7.98. The molecule has 0 bridgehead atoms. The molecule has 4 heteroatoms. The number of halogens is 1. The second-order valence-corrected chi connectivity index (χ2v) is 6.71. The Kier molecular flexibility index (Phi) is 4.59. The number of rotatable bonds is 4. The number of aromatic nitrogens is 1. The summed E-state index contributed by atoms with van der Waals surface area (Å²) in [4.78, 5) is 5.45. The van der Waals surface area contributed by atoms with E-state index in [9.17, 15) is 4.39 Å². The molecule has 0 N–H and O–H groups in total. The molecule has 0 saturated carbocycles. The van der Waals surface area contributed by atoms with E-state index in [-0.39, 0.29) is 5.82 Å². The van der Waals surface area contributed by atoms with Crippen LogP contribution in [0.2, 0.25) is 0 Å². The van der Waals surface area contributed by atoms with Gasteiger partial charge >= 0.3 is 0 Å². The lowest BCUT2D eigenvalue weighted by molar-refractivity contribution is 0.574. The van der Waals surface area contributed by atoms with Crippen LogP contribution in [0.4, 0.5) is 4.39 Å². The molecule has 0 aliphatic rings. The van der Waals surface area contributed by atoms with Gasteiger partial charge in [0.2, 0.25) is 5.89 Å². The van der Waals surface area contributed by atoms with Crippen LogP contribution in [-0.2, 0) is 0 Å². The molecule has 128 valence electrons. The summed E-state index contributed by atoms with van der Waals surface area (Å²) in [7, 11) is 0. The van der Waals surface area contributed by atoms with Crippen LogP contribution in [0.15, 0.2) is 88.5 Å². The number of hydrogen-bond acceptors (Lipinski definition) is 3. The van der Waals surface area contributed by atoms with Gasteiger partial charge in [0, 0.05) is 10.5 Å². The van der Waals surface area contributed by atoms with Crippen molar-refractivity contribution in [1.82, 2.24) is 4.98 Å². The van der Waals surface area contributed by atoms with Gasteiger partial charge < -0.3 is 4.42 Å². The van der Waals surface area contributed by atoms with Crippen molar-refractivity contribution >= 4 is 11.8 Å². The van der Waals surface area contributed by atoms with E-state index < -0.39 is 0 Å². The molecule has 1 aromatic heterocycles. The van der Waals surface area contributed by atoms with Crippen LogP contribution in [0.1, 0.15) is 0 Å². The molecule has 0 aliphatic carbocycles. The molecule has 4 rings (SSSR count). The lowest BCUT2D eigenvalue weighted by Gasteiger charge is -2.12. The summed E-state index contributed by atoms with van der Waals surface area (Å²) < 4.78 is 18.8. The maximum absolute atomic E-state index is 13.4. The minimum atomic E-state index is -0.247. The Morgan fingerprint density at radius 1 is 0.808 bits per heavy atom. The van der Waals surface area contributed by atoms with Crippen LogP contribution in [-0.4, -0.2) is 11.2 Å². The summed E-state index contributed by atoms with van der Waals surface area (Å²) in [5.74, 6) is 0.320. The van der Waals surface area contributed by atoms with Crippen LogP contribution < -0.4 is 0 Å². The fourth-order valence-electron chi connectivity index (χ4n) is 2.93. The summed E-state index contributed by atoms with van der Waals surface area (Å²) >= 11 is 1.71. The molecule has 0 unspecified atom stereocenters. The van der Waals surface area contributed by atoms with Gasteiger partial charge in [0.05, 0.1) is 6.20 Å². The molecule has 0 atom stereocenters. The van der Waals surface area contributed by atoms with Crippen LogP contribution >= 0.6 is 11.8 Å². The van der Waals surface area contributed by atoms with Crippen LogP contribution in [0.3, 0.4) is 0 Å². The molecule has 1 heterocycles. The summed E-state index contributed by atoms with van der Waals surface area (Å²) in [6, 6.07) is 21.1. The van der Waals surface area contributed by atoms with E-state index in [1.54, 1.807) is 36.4 Å².